The van der Waals surface area contributed by atoms with E-state index in [-0.39, 0.29) is 25.2 Å². The molecular weight excluding hydrogens is 348 g/mol. The summed E-state index contributed by atoms with van der Waals surface area (Å²) >= 11 is 0. The van der Waals surface area contributed by atoms with Crippen LogP contribution in [-0.2, 0) is 19.1 Å². The number of hydrogen-bond acceptors (Lipinski definition) is 6. The predicted octanol–water partition coefficient (Wildman–Crippen LogP) is 2.69. The van der Waals surface area contributed by atoms with E-state index in [0.29, 0.717) is 0 Å². The summed E-state index contributed by atoms with van der Waals surface area (Å²) in [6.07, 6.45) is 1.24. The molecule has 0 aromatic heterocycles. The molecule has 0 aliphatic carbocycles. The summed E-state index contributed by atoms with van der Waals surface area (Å²) in [5.74, 6) is -1.23. The van der Waals surface area contributed by atoms with Crippen LogP contribution >= 0.6 is 0 Å². The second-order valence-corrected chi connectivity index (χ2v) is 7.35. The summed E-state index contributed by atoms with van der Waals surface area (Å²) in [5, 5.41) is 20.9. The molecule has 2 rings (SSSR count). The quantitative estimate of drug-likeness (QED) is 0.609. The molecule has 0 amide bonds. The number of benzene rings is 1. The van der Waals surface area contributed by atoms with Gasteiger partial charge in [0, 0.05) is 12.8 Å². The molecule has 0 saturated carbocycles. The van der Waals surface area contributed by atoms with Crippen LogP contribution in [0, 0.1) is 5.92 Å². The summed E-state index contributed by atoms with van der Waals surface area (Å²) < 4.78 is 10.9. The third kappa shape index (κ3) is 6.19. The van der Waals surface area contributed by atoms with Crippen molar-refractivity contribution < 1.29 is 29.3 Å². The van der Waals surface area contributed by atoms with E-state index in [4.69, 9.17) is 9.47 Å². The molecule has 148 valence electrons. The van der Waals surface area contributed by atoms with Crippen molar-refractivity contribution in [3.63, 3.8) is 0 Å². The molecule has 0 unspecified atom stereocenters. The van der Waals surface area contributed by atoms with Crippen LogP contribution < -0.4 is 0 Å². The molecular formula is C21H28O6. The van der Waals surface area contributed by atoms with Crippen molar-refractivity contribution in [3.8, 4) is 0 Å². The van der Waals surface area contributed by atoms with E-state index in [1.165, 1.54) is 6.92 Å². The van der Waals surface area contributed by atoms with Gasteiger partial charge in [-0.05, 0) is 31.4 Å². The number of aliphatic hydroxyl groups excluding tert-OH is 1. The third-order valence-electron chi connectivity index (χ3n) is 4.75. The van der Waals surface area contributed by atoms with Crippen molar-refractivity contribution in [1.29, 1.82) is 0 Å². The van der Waals surface area contributed by atoms with Crippen LogP contribution in [0.15, 0.2) is 42.5 Å². The topological polar surface area (TPSA) is 93.1 Å². The lowest BCUT2D eigenvalue weighted by Gasteiger charge is -2.32. The lowest BCUT2D eigenvalue weighted by molar-refractivity contribution is -0.157. The Kier molecular flexibility index (Phi) is 7.16. The zero-order chi connectivity index (χ0) is 20.0. The van der Waals surface area contributed by atoms with Gasteiger partial charge < -0.3 is 19.7 Å². The standard InChI is InChI=1S/C21H28O6/c1-14-9-10-18(26-15(2)22)21(3,25)12-11-17(23)13-19(24)27-20(14)16-7-5-4-6-8-16/h4-10,14,17-18,20,23,25H,11-13H2,1-3H3/b10-9+/t14-,17+,18-,20-,21+/m0/s1. The molecule has 1 heterocycles. The average molecular weight is 376 g/mol. The predicted molar refractivity (Wildman–Crippen MR) is 99.6 cm³/mol. The van der Waals surface area contributed by atoms with Crippen LogP contribution in [0.3, 0.4) is 0 Å². The molecule has 0 saturated heterocycles. The second-order valence-electron chi connectivity index (χ2n) is 7.35. The number of aliphatic hydroxyl groups is 2. The first-order valence-corrected chi connectivity index (χ1v) is 9.19. The average Bonchev–Trinajstić information content (AvgIpc) is 2.61. The molecule has 6 heteroatoms. The Hall–Kier alpha value is -2.18. The van der Waals surface area contributed by atoms with Gasteiger partial charge in [-0.15, -0.1) is 0 Å². The Morgan fingerprint density at radius 3 is 2.56 bits per heavy atom. The minimum atomic E-state index is -1.37. The third-order valence-corrected chi connectivity index (χ3v) is 4.75. The molecule has 1 aliphatic heterocycles. The van der Waals surface area contributed by atoms with Crippen molar-refractivity contribution in [3.05, 3.63) is 48.0 Å². The minimum Gasteiger partial charge on any atom is -0.457 e. The first kappa shape index (κ1) is 21.1. The van der Waals surface area contributed by atoms with Crippen molar-refractivity contribution >= 4 is 11.9 Å². The first-order valence-electron chi connectivity index (χ1n) is 9.19. The molecule has 27 heavy (non-hydrogen) atoms. The number of ether oxygens (including phenoxy) is 2. The highest BCUT2D eigenvalue weighted by atomic mass is 16.6. The van der Waals surface area contributed by atoms with Crippen LogP contribution in [0.5, 0.6) is 0 Å². The SMILES string of the molecule is CC(=O)O[C@H]1/C=C/[C@H](C)[C@@H](c2ccccc2)OC(=O)C[C@H](O)CC[C@@]1(C)O. The molecule has 0 fully saturated rings. The Balaban J connectivity index is 2.37. The normalized spacial score (nSPS) is 33.9. The van der Waals surface area contributed by atoms with E-state index in [2.05, 4.69) is 0 Å². The maximum Gasteiger partial charge on any atom is 0.309 e. The zero-order valence-corrected chi connectivity index (χ0v) is 16.0. The van der Waals surface area contributed by atoms with E-state index in [0.717, 1.165) is 5.56 Å². The Labute approximate surface area is 159 Å². The van der Waals surface area contributed by atoms with Gasteiger partial charge in [-0.3, -0.25) is 9.59 Å². The van der Waals surface area contributed by atoms with E-state index in [1.54, 1.807) is 19.1 Å². The Morgan fingerprint density at radius 1 is 1.26 bits per heavy atom. The molecule has 1 aromatic carbocycles. The summed E-state index contributed by atoms with van der Waals surface area (Å²) in [5.41, 5.74) is -0.542. The van der Waals surface area contributed by atoms with Gasteiger partial charge in [-0.1, -0.05) is 43.3 Å². The van der Waals surface area contributed by atoms with Crippen LogP contribution in [-0.4, -0.2) is 40.0 Å². The highest BCUT2D eigenvalue weighted by Gasteiger charge is 2.34. The lowest BCUT2D eigenvalue weighted by atomic mass is 9.88. The number of hydrogen-bond donors (Lipinski definition) is 2. The van der Waals surface area contributed by atoms with E-state index >= 15 is 0 Å². The van der Waals surface area contributed by atoms with Gasteiger partial charge in [-0.25, -0.2) is 0 Å². The van der Waals surface area contributed by atoms with E-state index < -0.39 is 35.9 Å². The molecule has 0 spiro atoms. The summed E-state index contributed by atoms with van der Waals surface area (Å²) in [4.78, 5) is 23.7. The van der Waals surface area contributed by atoms with Crippen LogP contribution in [0.4, 0.5) is 0 Å². The molecule has 5 atom stereocenters. The van der Waals surface area contributed by atoms with Gasteiger partial charge in [0.1, 0.15) is 17.8 Å². The number of rotatable bonds is 2. The number of carbonyl (C=O) groups excluding carboxylic acids is 2. The fourth-order valence-corrected chi connectivity index (χ4v) is 3.14. The van der Waals surface area contributed by atoms with Crippen LogP contribution in [0.2, 0.25) is 0 Å². The van der Waals surface area contributed by atoms with Crippen molar-refractivity contribution in [2.75, 3.05) is 0 Å². The fraction of sp³-hybridized carbons (Fsp3) is 0.524. The molecule has 1 aromatic rings. The highest BCUT2D eigenvalue weighted by molar-refractivity contribution is 5.70. The summed E-state index contributed by atoms with van der Waals surface area (Å²) in [6, 6.07) is 9.32. The van der Waals surface area contributed by atoms with Crippen molar-refractivity contribution in [1.82, 2.24) is 0 Å². The number of cyclic esters (lactones) is 1. The van der Waals surface area contributed by atoms with E-state index in [1.807, 2.05) is 37.3 Å². The van der Waals surface area contributed by atoms with Crippen molar-refractivity contribution in [2.45, 2.75) is 63.9 Å². The zero-order valence-electron chi connectivity index (χ0n) is 16.0. The van der Waals surface area contributed by atoms with Crippen molar-refractivity contribution in [2.24, 2.45) is 5.92 Å². The molecule has 0 radical (unpaired) electrons. The number of esters is 2. The molecule has 6 nitrogen and oxygen atoms in total. The first-order chi connectivity index (χ1) is 12.7. The Bertz CT molecular complexity index is 667. The van der Waals surface area contributed by atoms with Gasteiger partial charge in [0.25, 0.3) is 0 Å². The maximum absolute atomic E-state index is 12.3. The van der Waals surface area contributed by atoms with Crippen LogP contribution in [0.1, 0.15) is 51.7 Å². The summed E-state index contributed by atoms with van der Waals surface area (Å²) in [7, 11) is 0. The molecule has 2 N–H and O–H groups in total. The second kappa shape index (κ2) is 9.15. The minimum absolute atomic E-state index is 0.159. The van der Waals surface area contributed by atoms with E-state index in [9.17, 15) is 19.8 Å². The monoisotopic (exact) mass is 376 g/mol. The smallest absolute Gasteiger partial charge is 0.309 e. The maximum atomic E-state index is 12.3. The Morgan fingerprint density at radius 2 is 1.93 bits per heavy atom. The lowest BCUT2D eigenvalue weighted by Crippen LogP contribution is -2.42. The van der Waals surface area contributed by atoms with Gasteiger partial charge in [0.2, 0.25) is 0 Å². The fourth-order valence-electron chi connectivity index (χ4n) is 3.14. The number of carbonyl (C=O) groups is 2. The largest absolute Gasteiger partial charge is 0.457 e. The summed E-state index contributed by atoms with van der Waals surface area (Å²) in [6.45, 7) is 4.72. The van der Waals surface area contributed by atoms with Gasteiger partial charge in [0.15, 0.2) is 0 Å². The van der Waals surface area contributed by atoms with Gasteiger partial charge in [0.05, 0.1) is 12.5 Å². The molecule has 1 aliphatic rings. The van der Waals surface area contributed by atoms with Crippen LogP contribution in [0.25, 0.3) is 0 Å². The van der Waals surface area contributed by atoms with Gasteiger partial charge in [-0.2, -0.15) is 0 Å². The highest BCUT2D eigenvalue weighted by Crippen LogP contribution is 2.30. The molecule has 0 bridgehead atoms. The van der Waals surface area contributed by atoms with Gasteiger partial charge >= 0.3 is 11.9 Å².